The Morgan fingerprint density at radius 1 is 0.481 bits per heavy atom. The second-order valence-electron chi connectivity index (χ2n) is 13.4. The summed E-state index contributed by atoms with van der Waals surface area (Å²) in [5.41, 5.74) is 16.4. The summed E-state index contributed by atoms with van der Waals surface area (Å²) in [5.74, 6) is 0. The minimum absolute atomic E-state index is 0.363. The van der Waals surface area contributed by atoms with Gasteiger partial charge in [0.05, 0.1) is 0 Å². The topological polar surface area (TPSA) is 3.24 Å². The highest BCUT2D eigenvalue weighted by Crippen LogP contribution is 2.55. The van der Waals surface area contributed by atoms with Crippen LogP contribution in [-0.4, -0.2) is 0 Å². The number of nitrogens with zero attached hydrogens (tertiary/aromatic N) is 1. The lowest BCUT2D eigenvalue weighted by Gasteiger charge is -2.31. The zero-order valence-electron chi connectivity index (χ0n) is 29.7. The molecule has 7 aromatic rings. The van der Waals surface area contributed by atoms with Crippen LogP contribution in [0.3, 0.4) is 0 Å². The Morgan fingerprint density at radius 3 is 1.54 bits per heavy atom. The van der Waals surface area contributed by atoms with Gasteiger partial charge < -0.3 is 4.90 Å². The fourth-order valence-electron chi connectivity index (χ4n) is 7.93. The van der Waals surface area contributed by atoms with Crippen LogP contribution in [0.1, 0.15) is 30.5 Å². The van der Waals surface area contributed by atoms with Gasteiger partial charge >= 0.3 is 0 Å². The summed E-state index contributed by atoms with van der Waals surface area (Å²) >= 11 is 0. The van der Waals surface area contributed by atoms with Gasteiger partial charge in [-0.15, -0.1) is 0 Å². The lowest BCUT2D eigenvalue weighted by atomic mass is 9.74. The minimum atomic E-state index is -0.363. The molecule has 0 spiro atoms. The van der Waals surface area contributed by atoms with Gasteiger partial charge in [0, 0.05) is 22.5 Å². The number of rotatable bonds is 8. The molecule has 0 bridgehead atoms. The Kier molecular flexibility index (Phi) is 8.85. The van der Waals surface area contributed by atoms with Gasteiger partial charge in [0.15, 0.2) is 0 Å². The standard InChI is InChI=1S/C51H41N/c1-4-18-49-45(5-2)47-34-32-44(36-50(47)51(49,3)41-25-16-9-17-26-41)52(42-29-27-38(28-30-42)37-19-10-6-11-20-37)43-31-33-46(39-21-12-7-13-22-39)48(35-43)40-23-14-8-15-24-40/h4-36H,1H2,2-3H3/b45-5-,49-18+. The molecule has 0 N–H and O–H groups in total. The van der Waals surface area contributed by atoms with Gasteiger partial charge in [-0.25, -0.2) is 0 Å². The van der Waals surface area contributed by atoms with Crippen molar-refractivity contribution in [1.82, 2.24) is 0 Å². The number of anilines is 3. The van der Waals surface area contributed by atoms with Crippen molar-refractivity contribution in [2.75, 3.05) is 4.90 Å². The molecule has 1 aliphatic rings. The van der Waals surface area contributed by atoms with Crippen LogP contribution in [0.5, 0.6) is 0 Å². The number of hydrogen-bond donors (Lipinski definition) is 0. The van der Waals surface area contributed by atoms with Gasteiger partial charge in [-0.05, 0) is 111 Å². The molecule has 0 aliphatic heterocycles. The SMILES string of the molecule is C=C/C=C1\C(=C/C)c2ccc(N(c3ccc(-c4ccccc4)cc3)c3ccc(-c4ccccc4)c(-c4ccccc4)c3)cc2C1(C)c1ccccc1. The molecule has 1 heteroatoms. The third-order valence-electron chi connectivity index (χ3n) is 10.5. The number of fused-ring (bicyclic) bond motifs is 1. The quantitative estimate of drug-likeness (QED) is 0.156. The van der Waals surface area contributed by atoms with Crippen LogP contribution < -0.4 is 4.90 Å². The molecular formula is C51H41N. The van der Waals surface area contributed by atoms with Crippen LogP contribution in [0, 0.1) is 0 Å². The van der Waals surface area contributed by atoms with Crippen molar-refractivity contribution in [3.63, 3.8) is 0 Å². The minimum Gasteiger partial charge on any atom is -0.310 e. The highest BCUT2D eigenvalue weighted by atomic mass is 15.1. The highest BCUT2D eigenvalue weighted by molar-refractivity contribution is 5.94. The first-order valence-electron chi connectivity index (χ1n) is 18.0. The molecular weight excluding hydrogens is 627 g/mol. The van der Waals surface area contributed by atoms with E-state index in [9.17, 15) is 0 Å². The van der Waals surface area contributed by atoms with E-state index in [4.69, 9.17) is 0 Å². The lowest BCUT2D eigenvalue weighted by molar-refractivity contribution is 0.714. The van der Waals surface area contributed by atoms with Gasteiger partial charge in [-0.3, -0.25) is 0 Å². The van der Waals surface area contributed by atoms with E-state index in [2.05, 4.69) is 219 Å². The molecule has 1 unspecified atom stereocenters. The van der Waals surface area contributed by atoms with Crippen molar-refractivity contribution in [2.24, 2.45) is 0 Å². The van der Waals surface area contributed by atoms with E-state index in [1.807, 2.05) is 6.08 Å². The van der Waals surface area contributed by atoms with Gasteiger partial charge in [-0.2, -0.15) is 0 Å². The summed E-state index contributed by atoms with van der Waals surface area (Å²) in [6, 6.07) is 65.8. The Labute approximate surface area is 308 Å². The van der Waals surface area contributed by atoms with Crippen LogP contribution >= 0.6 is 0 Å². The Bertz CT molecular complexity index is 2400. The molecule has 52 heavy (non-hydrogen) atoms. The summed E-state index contributed by atoms with van der Waals surface area (Å²) in [6.45, 7) is 8.62. The van der Waals surface area contributed by atoms with Gasteiger partial charge in [-0.1, -0.05) is 170 Å². The molecule has 0 saturated heterocycles. The maximum absolute atomic E-state index is 4.12. The van der Waals surface area contributed by atoms with Crippen molar-refractivity contribution in [3.05, 3.63) is 229 Å². The predicted octanol–water partition coefficient (Wildman–Crippen LogP) is 14.0. The fourth-order valence-corrected chi connectivity index (χ4v) is 7.93. The van der Waals surface area contributed by atoms with Gasteiger partial charge in [0.1, 0.15) is 0 Å². The van der Waals surface area contributed by atoms with E-state index in [0.717, 1.165) is 17.1 Å². The third-order valence-corrected chi connectivity index (χ3v) is 10.5. The maximum atomic E-state index is 4.12. The summed E-state index contributed by atoms with van der Waals surface area (Å²) < 4.78 is 0. The molecule has 250 valence electrons. The van der Waals surface area contributed by atoms with E-state index in [-0.39, 0.29) is 5.41 Å². The smallest absolute Gasteiger partial charge is 0.0468 e. The molecule has 0 fully saturated rings. The molecule has 0 heterocycles. The normalized spacial score (nSPS) is 16.5. The van der Waals surface area contributed by atoms with Crippen molar-refractivity contribution >= 4 is 22.6 Å². The molecule has 0 radical (unpaired) electrons. The average Bonchev–Trinajstić information content (AvgIpc) is 3.46. The number of allylic oxidation sites excluding steroid dienone is 5. The van der Waals surface area contributed by atoms with E-state index in [1.165, 1.54) is 61.2 Å². The van der Waals surface area contributed by atoms with E-state index in [1.54, 1.807) is 0 Å². The van der Waals surface area contributed by atoms with Crippen LogP contribution in [-0.2, 0) is 5.41 Å². The first-order valence-corrected chi connectivity index (χ1v) is 18.0. The molecule has 1 atom stereocenters. The second kappa shape index (κ2) is 14.1. The van der Waals surface area contributed by atoms with E-state index in [0.29, 0.717) is 0 Å². The molecule has 1 aliphatic carbocycles. The lowest BCUT2D eigenvalue weighted by Crippen LogP contribution is -2.23. The zero-order chi connectivity index (χ0) is 35.5. The first-order chi connectivity index (χ1) is 25.6. The molecule has 1 nitrogen and oxygen atoms in total. The van der Waals surface area contributed by atoms with Crippen molar-refractivity contribution < 1.29 is 0 Å². The summed E-state index contributed by atoms with van der Waals surface area (Å²) in [4.78, 5) is 2.41. The molecule has 0 amide bonds. The number of benzene rings is 7. The van der Waals surface area contributed by atoms with E-state index >= 15 is 0 Å². The van der Waals surface area contributed by atoms with Crippen molar-refractivity contribution in [2.45, 2.75) is 19.3 Å². The van der Waals surface area contributed by atoms with Crippen LogP contribution in [0.4, 0.5) is 17.1 Å². The predicted molar refractivity (Wildman–Crippen MR) is 222 cm³/mol. The Hall–Kier alpha value is -6.44. The maximum Gasteiger partial charge on any atom is 0.0468 e. The average molecular weight is 668 g/mol. The Balaban J connectivity index is 1.36. The summed E-state index contributed by atoms with van der Waals surface area (Å²) in [5, 5.41) is 0. The second-order valence-corrected chi connectivity index (χ2v) is 13.4. The molecule has 0 aromatic heterocycles. The summed E-state index contributed by atoms with van der Waals surface area (Å²) in [7, 11) is 0. The van der Waals surface area contributed by atoms with Crippen LogP contribution in [0.25, 0.3) is 39.0 Å². The van der Waals surface area contributed by atoms with Crippen LogP contribution in [0.2, 0.25) is 0 Å². The van der Waals surface area contributed by atoms with E-state index < -0.39 is 0 Å². The van der Waals surface area contributed by atoms with Gasteiger partial charge in [0.2, 0.25) is 0 Å². The van der Waals surface area contributed by atoms with Crippen molar-refractivity contribution in [1.29, 1.82) is 0 Å². The molecule has 7 aromatic carbocycles. The fraction of sp³-hybridized carbons (Fsp3) is 0.0588. The zero-order valence-corrected chi connectivity index (χ0v) is 29.7. The Morgan fingerprint density at radius 2 is 0.962 bits per heavy atom. The summed E-state index contributed by atoms with van der Waals surface area (Å²) in [6.07, 6.45) is 6.36. The highest BCUT2D eigenvalue weighted by Gasteiger charge is 2.43. The molecule has 8 rings (SSSR count). The monoisotopic (exact) mass is 667 g/mol. The van der Waals surface area contributed by atoms with Crippen LogP contribution in [0.15, 0.2) is 212 Å². The molecule has 0 saturated carbocycles. The van der Waals surface area contributed by atoms with Gasteiger partial charge in [0.25, 0.3) is 0 Å². The number of hydrogen-bond acceptors (Lipinski definition) is 1. The largest absolute Gasteiger partial charge is 0.310 e. The van der Waals surface area contributed by atoms with Crippen molar-refractivity contribution in [3.8, 4) is 33.4 Å². The first kappa shape index (κ1) is 32.7. The third kappa shape index (κ3) is 5.81.